The Morgan fingerprint density at radius 3 is 2.24 bits per heavy atom. The van der Waals surface area contributed by atoms with Crippen molar-refractivity contribution in [1.82, 2.24) is 4.90 Å². The Hall–Kier alpha value is -0.900. The molecule has 2 amide bonds. The molecule has 1 saturated carbocycles. The molecule has 96 valence electrons. The first-order valence-corrected chi connectivity index (χ1v) is 6.65. The van der Waals surface area contributed by atoms with Crippen LogP contribution in [0.5, 0.6) is 0 Å². The van der Waals surface area contributed by atoms with Crippen LogP contribution in [0.15, 0.2) is 0 Å². The Morgan fingerprint density at radius 2 is 1.76 bits per heavy atom. The summed E-state index contributed by atoms with van der Waals surface area (Å²) in [5.74, 6) is 0.659. The van der Waals surface area contributed by atoms with Crippen molar-refractivity contribution in [1.29, 1.82) is 0 Å². The average molecular weight is 238 g/mol. The number of amides is 2. The monoisotopic (exact) mass is 238 g/mol. The summed E-state index contributed by atoms with van der Waals surface area (Å²) in [7, 11) is 0. The number of imide groups is 1. The van der Waals surface area contributed by atoms with E-state index in [9.17, 15) is 9.59 Å². The van der Waals surface area contributed by atoms with Crippen LogP contribution in [0, 0.1) is 5.92 Å². The van der Waals surface area contributed by atoms with Crippen LogP contribution in [0.4, 0.5) is 0 Å². The van der Waals surface area contributed by atoms with Crippen molar-refractivity contribution in [2.24, 2.45) is 11.7 Å². The van der Waals surface area contributed by atoms with Gasteiger partial charge in [0.25, 0.3) is 0 Å². The highest BCUT2D eigenvalue weighted by Crippen LogP contribution is 2.37. The van der Waals surface area contributed by atoms with Gasteiger partial charge < -0.3 is 5.73 Å². The van der Waals surface area contributed by atoms with E-state index in [4.69, 9.17) is 5.73 Å². The van der Waals surface area contributed by atoms with Crippen LogP contribution in [0.2, 0.25) is 0 Å². The summed E-state index contributed by atoms with van der Waals surface area (Å²) < 4.78 is 0. The lowest BCUT2D eigenvalue weighted by Gasteiger charge is -2.47. The van der Waals surface area contributed by atoms with Crippen LogP contribution in [-0.4, -0.2) is 28.8 Å². The largest absolute Gasteiger partial charge is 0.328 e. The zero-order valence-electron chi connectivity index (χ0n) is 10.6. The second-order valence-corrected chi connectivity index (χ2v) is 5.59. The summed E-state index contributed by atoms with van der Waals surface area (Å²) in [5, 5.41) is 0. The summed E-state index contributed by atoms with van der Waals surface area (Å²) in [5.41, 5.74) is 5.52. The van der Waals surface area contributed by atoms with Crippen LogP contribution < -0.4 is 5.73 Å². The standard InChI is InChI=1S/C13H22N2O2/c1-10-5-7-13(9-14,8-6-10)15-11(16)3-2-4-12(15)17/h10H,2-9,14H2,1H3. The van der Waals surface area contributed by atoms with Gasteiger partial charge in [-0.05, 0) is 38.0 Å². The van der Waals surface area contributed by atoms with Gasteiger partial charge in [-0.25, -0.2) is 0 Å². The maximum absolute atomic E-state index is 12.0. The molecule has 0 atom stereocenters. The van der Waals surface area contributed by atoms with Crippen molar-refractivity contribution in [3.05, 3.63) is 0 Å². The van der Waals surface area contributed by atoms with Gasteiger partial charge >= 0.3 is 0 Å². The van der Waals surface area contributed by atoms with Crippen LogP contribution >= 0.6 is 0 Å². The molecule has 4 heteroatoms. The highest BCUT2D eigenvalue weighted by atomic mass is 16.2. The normalized spacial score (nSPS) is 35.2. The van der Waals surface area contributed by atoms with Gasteiger partial charge in [-0.15, -0.1) is 0 Å². The number of nitrogens with two attached hydrogens (primary N) is 1. The molecule has 1 heterocycles. The van der Waals surface area contributed by atoms with Gasteiger partial charge in [0.1, 0.15) is 0 Å². The lowest BCUT2D eigenvalue weighted by atomic mass is 9.75. The predicted molar refractivity (Wildman–Crippen MR) is 65.1 cm³/mol. The Balaban J connectivity index is 2.21. The van der Waals surface area contributed by atoms with Crippen molar-refractivity contribution in [3.63, 3.8) is 0 Å². The van der Waals surface area contributed by atoms with E-state index in [1.54, 1.807) is 0 Å². The molecule has 0 aromatic heterocycles. The first-order chi connectivity index (χ1) is 8.09. The third kappa shape index (κ3) is 2.23. The fraction of sp³-hybridized carbons (Fsp3) is 0.846. The van der Waals surface area contributed by atoms with Gasteiger partial charge in [0.05, 0.1) is 5.54 Å². The number of rotatable bonds is 2. The number of nitrogens with zero attached hydrogens (tertiary/aromatic N) is 1. The Kier molecular flexibility index (Phi) is 3.52. The van der Waals surface area contributed by atoms with Crippen LogP contribution in [-0.2, 0) is 9.59 Å². The predicted octanol–water partition coefficient (Wildman–Crippen LogP) is 1.43. The summed E-state index contributed by atoms with van der Waals surface area (Å²) in [6, 6.07) is 0. The third-order valence-corrected chi connectivity index (χ3v) is 4.34. The van der Waals surface area contributed by atoms with E-state index in [0.717, 1.165) is 25.7 Å². The smallest absolute Gasteiger partial charge is 0.229 e. The second kappa shape index (κ2) is 4.77. The van der Waals surface area contributed by atoms with E-state index < -0.39 is 0 Å². The van der Waals surface area contributed by atoms with Crippen molar-refractivity contribution in [2.45, 2.75) is 57.4 Å². The van der Waals surface area contributed by atoms with Gasteiger partial charge in [0, 0.05) is 19.4 Å². The van der Waals surface area contributed by atoms with E-state index in [-0.39, 0.29) is 17.4 Å². The second-order valence-electron chi connectivity index (χ2n) is 5.59. The SMILES string of the molecule is CC1CCC(CN)(N2C(=O)CCCC2=O)CC1. The minimum Gasteiger partial charge on any atom is -0.328 e. The van der Waals surface area contributed by atoms with E-state index in [2.05, 4.69) is 6.92 Å². The molecule has 0 aromatic rings. The van der Waals surface area contributed by atoms with Crippen molar-refractivity contribution in [3.8, 4) is 0 Å². The molecule has 2 N–H and O–H groups in total. The van der Waals surface area contributed by atoms with E-state index >= 15 is 0 Å². The summed E-state index contributed by atoms with van der Waals surface area (Å²) in [6.07, 6.45) is 5.59. The Morgan fingerprint density at radius 1 is 1.24 bits per heavy atom. The van der Waals surface area contributed by atoms with Gasteiger partial charge in [0.15, 0.2) is 0 Å². The van der Waals surface area contributed by atoms with Crippen molar-refractivity contribution >= 4 is 11.8 Å². The van der Waals surface area contributed by atoms with Gasteiger partial charge in [-0.3, -0.25) is 14.5 Å². The molecule has 0 unspecified atom stereocenters. The highest BCUT2D eigenvalue weighted by molar-refractivity contribution is 5.98. The molecular weight excluding hydrogens is 216 g/mol. The van der Waals surface area contributed by atoms with Crippen LogP contribution in [0.3, 0.4) is 0 Å². The molecule has 0 bridgehead atoms. The van der Waals surface area contributed by atoms with Crippen molar-refractivity contribution in [2.75, 3.05) is 6.54 Å². The minimum atomic E-state index is -0.374. The molecule has 1 saturated heterocycles. The first kappa shape index (κ1) is 12.6. The van der Waals surface area contributed by atoms with Crippen molar-refractivity contribution < 1.29 is 9.59 Å². The molecule has 2 fully saturated rings. The highest BCUT2D eigenvalue weighted by Gasteiger charge is 2.45. The number of carbonyl (C=O) groups excluding carboxylic acids is 2. The summed E-state index contributed by atoms with van der Waals surface area (Å²) in [4.78, 5) is 25.5. The Labute approximate surface area is 103 Å². The molecule has 1 aliphatic carbocycles. The van der Waals surface area contributed by atoms with Gasteiger partial charge in [-0.1, -0.05) is 6.92 Å². The molecule has 0 radical (unpaired) electrons. The lowest BCUT2D eigenvalue weighted by Crippen LogP contribution is -2.61. The fourth-order valence-corrected chi connectivity index (χ4v) is 3.10. The number of piperidine rings is 1. The lowest BCUT2D eigenvalue weighted by molar-refractivity contribution is -0.157. The van der Waals surface area contributed by atoms with Gasteiger partial charge in [-0.2, -0.15) is 0 Å². The Bertz CT molecular complexity index is 303. The van der Waals surface area contributed by atoms with Crippen LogP contribution in [0.25, 0.3) is 0 Å². The molecule has 2 rings (SSSR count). The molecule has 1 aliphatic heterocycles. The number of hydrogen-bond acceptors (Lipinski definition) is 3. The third-order valence-electron chi connectivity index (χ3n) is 4.34. The first-order valence-electron chi connectivity index (χ1n) is 6.65. The number of hydrogen-bond donors (Lipinski definition) is 1. The summed E-state index contributed by atoms with van der Waals surface area (Å²) in [6.45, 7) is 2.64. The maximum atomic E-state index is 12.0. The number of carbonyl (C=O) groups is 2. The molecular formula is C13H22N2O2. The zero-order chi connectivity index (χ0) is 12.5. The maximum Gasteiger partial charge on any atom is 0.229 e. The summed E-state index contributed by atoms with van der Waals surface area (Å²) >= 11 is 0. The van der Waals surface area contributed by atoms with Gasteiger partial charge in [0.2, 0.25) is 11.8 Å². The van der Waals surface area contributed by atoms with Crippen LogP contribution in [0.1, 0.15) is 51.9 Å². The molecule has 17 heavy (non-hydrogen) atoms. The fourth-order valence-electron chi connectivity index (χ4n) is 3.10. The molecule has 0 aromatic carbocycles. The van der Waals surface area contributed by atoms with E-state index in [1.807, 2.05) is 0 Å². The number of likely N-dealkylation sites (tertiary alicyclic amines) is 1. The topological polar surface area (TPSA) is 63.4 Å². The molecule has 2 aliphatic rings. The molecule has 4 nitrogen and oxygen atoms in total. The zero-order valence-corrected chi connectivity index (χ0v) is 10.6. The van der Waals surface area contributed by atoms with E-state index in [1.165, 1.54) is 4.90 Å². The quantitative estimate of drug-likeness (QED) is 0.740. The van der Waals surface area contributed by atoms with E-state index in [0.29, 0.717) is 31.7 Å². The average Bonchev–Trinajstić information content (AvgIpc) is 2.32. The molecule has 0 spiro atoms. The minimum absolute atomic E-state index is 0.0127.